The number of halogens is 1. The first-order valence-electron chi connectivity index (χ1n) is 5.83. The number of benzene rings is 1. The van der Waals surface area contributed by atoms with Crippen LogP contribution < -0.4 is 9.47 Å². The number of nitrogens with zero attached hydrogens (tertiary/aromatic N) is 1. The molecule has 7 heteroatoms. The first-order valence-corrected chi connectivity index (χ1v) is 6.63. The zero-order valence-electron chi connectivity index (χ0n) is 10.6. The van der Waals surface area contributed by atoms with E-state index in [2.05, 4.69) is 21.1 Å². The maximum Gasteiger partial charge on any atom is 0.335 e. The molecule has 6 nitrogen and oxygen atoms in total. The second-order valence-corrected chi connectivity index (χ2v) is 4.65. The molecule has 0 spiro atoms. The van der Waals surface area contributed by atoms with E-state index in [0.29, 0.717) is 28.3 Å². The van der Waals surface area contributed by atoms with Crippen LogP contribution >= 0.6 is 15.9 Å². The van der Waals surface area contributed by atoms with Crippen LogP contribution in [0.25, 0.3) is 0 Å². The van der Waals surface area contributed by atoms with E-state index in [1.807, 2.05) is 6.92 Å². The summed E-state index contributed by atoms with van der Waals surface area (Å²) in [5.41, 5.74) is 0.118. The minimum absolute atomic E-state index is 0.118. The summed E-state index contributed by atoms with van der Waals surface area (Å²) in [6.45, 7) is 2.38. The van der Waals surface area contributed by atoms with Crippen molar-refractivity contribution in [2.24, 2.45) is 0 Å². The van der Waals surface area contributed by atoms with Gasteiger partial charge in [0.15, 0.2) is 17.3 Å². The van der Waals surface area contributed by atoms with Crippen molar-refractivity contribution in [2.45, 2.75) is 13.5 Å². The number of carboxylic acid groups (broad SMARTS) is 1. The lowest BCUT2D eigenvalue weighted by Crippen LogP contribution is -2.03. The van der Waals surface area contributed by atoms with Crippen LogP contribution in [0.1, 0.15) is 23.0 Å². The van der Waals surface area contributed by atoms with E-state index in [0.717, 1.165) is 0 Å². The highest BCUT2D eigenvalue weighted by Gasteiger charge is 2.16. The van der Waals surface area contributed by atoms with Gasteiger partial charge in [0.2, 0.25) is 0 Å². The zero-order chi connectivity index (χ0) is 14.5. The molecule has 0 fully saturated rings. The van der Waals surface area contributed by atoms with Crippen molar-refractivity contribution in [3.05, 3.63) is 40.2 Å². The number of carboxylic acids is 1. The van der Waals surface area contributed by atoms with Crippen LogP contribution in [0.2, 0.25) is 0 Å². The molecule has 20 heavy (non-hydrogen) atoms. The summed E-state index contributed by atoms with van der Waals surface area (Å²) >= 11 is 3.29. The lowest BCUT2D eigenvalue weighted by Gasteiger charge is -2.13. The van der Waals surface area contributed by atoms with Gasteiger partial charge < -0.3 is 19.1 Å². The average Bonchev–Trinajstić information content (AvgIpc) is 2.91. The third-order valence-corrected chi connectivity index (χ3v) is 3.00. The van der Waals surface area contributed by atoms with Crippen LogP contribution in [0.4, 0.5) is 0 Å². The lowest BCUT2D eigenvalue weighted by atomic mass is 10.2. The molecule has 2 aromatic rings. The van der Waals surface area contributed by atoms with E-state index >= 15 is 0 Å². The number of aromatic carboxylic acids is 1. The van der Waals surface area contributed by atoms with Gasteiger partial charge in [0, 0.05) is 6.07 Å². The highest BCUT2D eigenvalue weighted by molar-refractivity contribution is 9.10. The van der Waals surface area contributed by atoms with Crippen LogP contribution in [0, 0.1) is 0 Å². The summed E-state index contributed by atoms with van der Waals surface area (Å²) in [5.74, 6) is 0.308. The van der Waals surface area contributed by atoms with Gasteiger partial charge >= 0.3 is 5.97 Å². The largest absolute Gasteiger partial charge is 0.490 e. The molecule has 0 aliphatic carbocycles. The zero-order valence-corrected chi connectivity index (χ0v) is 12.2. The molecule has 0 aliphatic rings. The van der Waals surface area contributed by atoms with Crippen molar-refractivity contribution in [3.63, 3.8) is 0 Å². The molecule has 1 aromatic carbocycles. The monoisotopic (exact) mass is 341 g/mol. The summed E-state index contributed by atoms with van der Waals surface area (Å²) < 4.78 is 16.4. The van der Waals surface area contributed by atoms with E-state index in [9.17, 15) is 4.79 Å². The summed E-state index contributed by atoms with van der Waals surface area (Å²) in [7, 11) is 0. The highest BCUT2D eigenvalue weighted by atomic mass is 79.9. The molecule has 0 saturated heterocycles. The van der Waals surface area contributed by atoms with Gasteiger partial charge in [-0.25, -0.2) is 4.79 Å². The molecule has 106 valence electrons. The number of aromatic nitrogens is 1. The second-order valence-electron chi connectivity index (χ2n) is 3.79. The van der Waals surface area contributed by atoms with Crippen molar-refractivity contribution in [1.29, 1.82) is 0 Å². The van der Waals surface area contributed by atoms with Crippen LogP contribution in [0.5, 0.6) is 11.5 Å². The molecule has 1 N–H and O–H groups in total. The predicted molar refractivity (Wildman–Crippen MR) is 73.1 cm³/mol. The van der Waals surface area contributed by atoms with E-state index in [1.54, 1.807) is 6.07 Å². The Morgan fingerprint density at radius 2 is 2.25 bits per heavy atom. The Hall–Kier alpha value is -2.02. The summed E-state index contributed by atoms with van der Waals surface area (Å²) in [6.07, 6.45) is 1.52. The Morgan fingerprint density at radius 1 is 1.45 bits per heavy atom. The number of rotatable bonds is 6. The Bertz CT molecular complexity index is 597. The first kappa shape index (κ1) is 14.4. The summed E-state index contributed by atoms with van der Waals surface area (Å²) in [4.78, 5) is 11.0. The Balaban J connectivity index is 2.27. The van der Waals surface area contributed by atoms with Gasteiger partial charge in [-0.1, -0.05) is 5.16 Å². The van der Waals surface area contributed by atoms with Gasteiger partial charge in [-0.05, 0) is 35.0 Å². The van der Waals surface area contributed by atoms with E-state index < -0.39 is 5.97 Å². The second kappa shape index (κ2) is 6.42. The minimum atomic E-state index is -1.03. The molecule has 0 atom stereocenters. The predicted octanol–water partition coefficient (Wildman–Crippen LogP) is 3.11. The molecule has 1 aromatic heterocycles. The van der Waals surface area contributed by atoms with Gasteiger partial charge in [-0.3, -0.25) is 0 Å². The molecular weight excluding hydrogens is 330 g/mol. The van der Waals surface area contributed by atoms with E-state index in [4.69, 9.17) is 19.1 Å². The average molecular weight is 342 g/mol. The molecule has 2 rings (SSSR count). The Kier molecular flexibility index (Phi) is 4.62. The molecule has 0 bridgehead atoms. The van der Waals surface area contributed by atoms with Crippen molar-refractivity contribution in [1.82, 2.24) is 5.16 Å². The van der Waals surface area contributed by atoms with E-state index in [-0.39, 0.29) is 12.2 Å². The highest BCUT2D eigenvalue weighted by Crippen LogP contribution is 2.37. The molecule has 0 saturated carbocycles. The fourth-order valence-electron chi connectivity index (χ4n) is 1.55. The number of carbonyl (C=O) groups is 1. The SMILES string of the molecule is CCOc1cc(C(=O)O)cc(Br)c1OCc1ccno1. The van der Waals surface area contributed by atoms with E-state index in [1.165, 1.54) is 18.3 Å². The summed E-state index contributed by atoms with van der Waals surface area (Å²) in [5, 5.41) is 12.6. The maximum absolute atomic E-state index is 11.0. The molecule has 0 unspecified atom stereocenters. The number of ether oxygens (including phenoxy) is 2. The van der Waals surface area contributed by atoms with Gasteiger partial charge in [0.05, 0.1) is 22.8 Å². The molecular formula is C13H12BrNO5. The third kappa shape index (κ3) is 3.30. The van der Waals surface area contributed by atoms with Gasteiger partial charge in [0.25, 0.3) is 0 Å². The van der Waals surface area contributed by atoms with Crippen molar-refractivity contribution in [3.8, 4) is 11.5 Å². The standard InChI is InChI=1S/C13H12BrNO5/c1-2-18-11-6-8(13(16)17)5-10(14)12(11)19-7-9-3-4-15-20-9/h3-6H,2,7H2,1H3,(H,16,17). The number of hydrogen-bond acceptors (Lipinski definition) is 5. The Labute approximate surface area is 123 Å². The van der Waals surface area contributed by atoms with Gasteiger partial charge in [0.1, 0.15) is 6.61 Å². The smallest absolute Gasteiger partial charge is 0.335 e. The van der Waals surface area contributed by atoms with Crippen LogP contribution in [-0.2, 0) is 6.61 Å². The molecule has 0 radical (unpaired) electrons. The van der Waals surface area contributed by atoms with Crippen molar-refractivity contribution in [2.75, 3.05) is 6.61 Å². The summed E-state index contributed by atoms with van der Waals surface area (Å²) in [6, 6.07) is 4.56. The van der Waals surface area contributed by atoms with Crippen LogP contribution in [0.3, 0.4) is 0 Å². The minimum Gasteiger partial charge on any atom is -0.490 e. The maximum atomic E-state index is 11.0. The number of hydrogen-bond donors (Lipinski definition) is 1. The fourth-order valence-corrected chi connectivity index (χ4v) is 2.11. The van der Waals surface area contributed by atoms with Crippen LogP contribution in [0.15, 0.2) is 33.4 Å². The van der Waals surface area contributed by atoms with Crippen molar-refractivity contribution < 1.29 is 23.9 Å². The fraction of sp³-hybridized carbons (Fsp3) is 0.231. The molecule has 0 amide bonds. The Morgan fingerprint density at radius 3 is 2.85 bits per heavy atom. The topological polar surface area (TPSA) is 81.8 Å². The van der Waals surface area contributed by atoms with Gasteiger partial charge in [-0.2, -0.15) is 0 Å². The van der Waals surface area contributed by atoms with Crippen LogP contribution in [-0.4, -0.2) is 22.8 Å². The molecule has 1 heterocycles. The lowest BCUT2D eigenvalue weighted by molar-refractivity contribution is 0.0696. The quantitative estimate of drug-likeness (QED) is 0.869. The van der Waals surface area contributed by atoms with Gasteiger partial charge in [-0.15, -0.1) is 0 Å². The first-order chi connectivity index (χ1) is 9.61. The third-order valence-electron chi connectivity index (χ3n) is 2.41. The normalized spacial score (nSPS) is 10.3. The molecule has 0 aliphatic heterocycles. The van der Waals surface area contributed by atoms with Crippen molar-refractivity contribution >= 4 is 21.9 Å².